The van der Waals surface area contributed by atoms with E-state index in [-0.39, 0.29) is 12.2 Å². The second-order valence-corrected chi connectivity index (χ2v) is 6.14. The van der Waals surface area contributed by atoms with E-state index in [0.717, 1.165) is 16.5 Å². The first-order valence-electron chi connectivity index (χ1n) is 8.14. The van der Waals surface area contributed by atoms with Gasteiger partial charge in [0.15, 0.2) is 0 Å². The van der Waals surface area contributed by atoms with Crippen LogP contribution < -0.4 is 10.9 Å². The maximum absolute atomic E-state index is 12.9. The van der Waals surface area contributed by atoms with Crippen LogP contribution in [0.2, 0.25) is 0 Å². The Balaban J connectivity index is 1.72. The maximum Gasteiger partial charge on any atom is 0.270 e. The number of amides is 2. The molecule has 1 aromatic heterocycles. The highest BCUT2D eigenvalue weighted by Crippen LogP contribution is 2.19. The lowest BCUT2D eigenvalue weighted by Crippen LogP contribution is -2.42. The van der Waals surface area contributed by atoms with E-state index >= 15 is 0 Å². The van der Waals surface area contributed by atoms with Gasteiger partial charge in [-0.25, -0.2) is 4.39 Å². The fourth-order valence-corrected chi connectivity index (χ4v) is 2.69. The molecule has 6 heteroatoms. The predicted octanol–water partition coefficient (Wildman–Crippen LogP) is 2.99. The number of nitrogens with zero attached hydrogens (tertiary/aromatic N) is 1. The van der Waals surface area contributed by atoms with E-state index in [4.69, 9.17) is 0 Å². The van der Waals surface area contributed by atoms with Gasteiger partial charge in [0.1, 0.15) is 5.82 Å². The molecule has 0 unspecified atom stereocenters. The summed E-state index contributed by atoms with van der Waals surface area (Å²) >= 11 is 0. The molecule has 2 aromatic carbocycles. The van der Waals surface area contributed by atoms with Crippen molar-refractivity contribution >= 4 is 22.7 Å². The van der Waals surface area contributed by atoms with Gasteiger partial charge in [0.2, 0.25) is 5.91 Å². The first-order valence-corrected chi connectivity index (χ1v) is 8.14. The first kappa shape index (κ1) is 17.5. The Hall–Kier alpha value is -3.28. The third kappa shape index (κ3) is 4.03. The van der Waals surface area contributed by atoms with Gasteiger partial charge >= 0.3 is 0 Å². The number of hydrogen-bond acceptors (Lipinski definition) is 3. The number of carbonyl (C=O) groups excluding carboxylic acids is 2. The number of benzene rings is 2. The van der Waals surface area contributed by atoms with Gasteiger partial charge in [-0.05, 0) is 49.7 Å². The van der Waals surface area contributed by atoms with E-state index in [1.807, 2.05) is 32.0 Å². The van der Waals surface area contributed by atoms with Crippen molar-refractivity contribution in [1.82, 2.24) is 15.8 Å². The van der Waals surface area contributed by atoms with E-state index < -0.39 is 11.8 Å². The number of halogens is 1. The average molecular weight is 351 g/mol. The van der Waals surface area contributed by atoms with E-state index in [1.54, 1.807) is 6.07 Å². The largest absolute Gasteiger partial charge is 0.273 e. The molecule has 0 atom stereocenters. The number of pyridine rings is 1. The van der Waals surface area contributed by atoms with E-state index in [2.05, 4.69) is 15.8 Å². The number of rotatable bonds is 3. The van der Waals surface area contributed by atoms with Gasteiger partial charge in [0.05, 0.1) is 17.5 Å². The molecule has 0 aliphatic rings. The molecule has 26 heavy (non-hydrogen) atoms. The quantitative estimate of drug-likeness (QED) is 0.713. The SMILES string of the molecule is Cc1ccc2nc(C)cc(C(=O)NNC(=O)Cc3ccc(F)cc3)c2c1. The molecule has 0 aliphatic heterocycles. The van der Waals surface area contributed by atoms with Crippen LogP contribution in [-0.2, 0) is 11.2 Å². The Morgan fingerprint density at radius 1 is 1.00 bits per heavy atom. The molecule has 0 aliphatic carbocycles. The van der Waals surface area contributed by atoms with E-state index in [9.17, 15) is 14.0 Å². The van der Waals surface area contributed by atoms with Crippen LogP contribution in [0.5, 0.6) is 0 Å². The summed E-state index contributed by atoms with van der Waals surface area (Å²) < 4.78 is 12.9. The normalized spacial score (nSPS) is 10.6. The van der Waals surface area contributed by atoms with Crippen LogP contribution in [0.4, 0.5) is 4.39 Å². The van der Waals surface area contributed by atoms with Crippen molar-refractivity contribution in [2.45, 2.75) is 20.3 Å². The Kier molecular flexibility index (Phi) is 4.93. The van der Waals surface area contributed by atoms with Crippen LogP contribution in [0.15, 0.2) is 48.5 Å². The Bertz CT molecular complexity index is 984. The van der Waals surface area contributed by atoms with Gasteiger partial charge in [-0.1, -0.05) is 23.8 Å². The highest BCUT2D eigenvalue weighted by Gasteiger charge is 2.13. The molecule has 3 rings (SSSR count). The van der Waals surface area contributed by atoms with Gasteiger partial charge in [0.25, 0.3) is 5.91 Å². The summed E-state index contributed by atoms with van der Waals surface area (Å²) in [6, 6.07) is 13.0. The maximum atomic E-state index is 12.9. The topological polar surface area (TPSA) is 71.1 Å². The highest BCUT2D eigenvalue weighted by molar-refractivity contribution is 6.06. The van der Waals surface area contributed by atoms with Gasteiger partial charge in [-0.2, -0.15) is 0 Å². The molecule has 0 radical (unpaired) electrons. The Morgan fingerprint density at radius 2 is 1.73 bits per heavy atom. The molecular formula is C20H18FN3O2. The molecule has 5 nitrogen and oxygen atoms in total. The zero-order valence-corrected chi connectivity index (χ0v) is 14.5. The van der Waals surface area contributed by atoms with Crippen LogP contribution in [0.3, 0.4) is 0 Å². The summed E-state index contributed by atoms with van der Waals surface area (Å²) in [5.74, 6) is -1.17. The van der Waals surface area contributed by atoms with Crippen molar-refractivity contribution in [3.63, 3.8) is 0 Å². The van der Waals surface area contributed by atoms with Crippen LogP contribution >= 0.6 is 0 Å². The zero-order valence-electron chi connectivity index (χ0n) is 14.5. The zero-order chi connectivity index (χ0) is 18.7. The number of aryl methyl sites for hydroxylation is 2. The summed E-state index contributed by atoms with van der Waals surface area (Å²) in [5, 5.41) is 0.723. The number of carbonyl (C=O) groups is 2. The van der Waals surface area contributed by atoms with Gasteiger partial charge in [-0.3, -0.25) is 25.4 Å². The standard InChI is InChI=1S/C20H18FN3O2/c1-12-3-8-18-16(9-12)17(10-13(2)22-18)20(26)24-23-19(25)11-14-4-6-15(21)7-5-14/h3-10H,11H2,1-2H3,(H,23,25)(H,24,26). The first-order chi connectivity index (χ1) is 12.4. The van der Waals surface area contributed by atoms with Crippen LogP contribution in [0.1, 0.15) is 27.2 Å². The highest BCUT2D eigenvalue weighted by atomic mass is 19.1. The molecule has 1 heterocycles. The molecule has 0 fully saturated rings. The summed E-state index contributed by atoms with van der Waals surface area (Å²) in [6.07, 6.45) is 0.0375. The molecule has 2 amide bonds. The Morgan fingerprint density at radius 3 is 2.46 bits per heavy atom. The molecule has 2 N–H and O–H groups in total. The lowest BCUT2D eigenvalue weighted by atomic mass is 10.0. The van der Waals surface area contributed by atoms with Crippen molar-refractivity contribution in [3.8, 4) is 0 Å². The van der Waals surface area contributed by atoms with E-state index in [1.165, 1.54) is 24.3 Å². The molecule has 0 bridgehead atoms. The fraction of sp³-hybridized carbons (Fsp3) is 0.150. The minimum Gasteiger partial charge on any atom is -0.273 e. The third-order valence-electron chi connectivity index (χ3n) is 3.93. The number of hydrogen-bond donors (Lipinski definition) is 2. The summed E-state index contributed by atoms with van der Waals surface area (Å²) in [4.78, 5) is 28.9. The smallest absolute Gasteiger partial charge is 0.270 e. The molecular weight excluding hydrogens is 333 g/mol. The summed E-state index contributed by atoms with van der Waals surface area (Å²) in [5.41, 5.74) is 8.36. The number of fused-ring (bicyclic) bond motifs is 1. The molecule has 3 aromatic rings. The molecule has 0 saturated heterocycles. The number of hydrazine groups is 1. The summed E-state index contributed by atoms with van der Waals surface area (Å²) in [6.45, 7) is 3.74. The lowest BCUT2D eigenvalue weighted by Gasteiger charge is -2.11. The van der Waals surface area contributed by atoms with Crippen molar-refractivity contribution in [1.29, 1.82) is 0 Å². The fourth-order valence-electron chi connectivity index (χ4n) is 2.69. The van der Waals surface area contributed by atoms with Crippen LogP contribution in [0.25, 0.3) is 10.9 Å². The number of aromatic nitrogens is 1. The molecule has 0 spiro atoms. The molecule has 0 saturated carbocycles. The van der Waals surface area contributed by atoms with Crippen molar-refractivity contribution in [2.24, 2.45) is 0 Å². The summed E-state index contributed by atoms with van der Waals surface area (Å²) in [7, 11) is 0. The van der Waals surface area contributed by atoms with Crippen LogP contribution in [-0.4, -0.2) is 16.8 Å². The predicted molar refractivity (Wildman–Crippen MR) is 96.9 cm³/mol. The average Bonchev–Trinajstić information content (AvgIpc) is 2.61. The van der Waals surface area contributed by atoms with Gasteiger partial charge in [-0.15, -0.1) is 0 Å². The van der Waals surface area contributed by atoms with Crippen molar-refractivity contribution < 1.29 is 14.0 Å². The van der Waals surface area contributed by atoms with Crippen LogP contribution in [0, 0.1) is 19.7 Å². The second-order valence-electron chi connectivity index (χ2n) is 6.14. The molecule has 132 valence electrons. The van der Waals surface area contributed by atoms with Gasteiger partial charge in [0, 0.05) is 11.1 Å². The second kappa shape index (κ2) is 7.31. The third-order valence-corrected chi connectivity index (χ3v) is 3.93. The Labute approximate surface area is 150 Å². The minimum atomic E-state index is -0.418. The lowest BCUT2D eigenvalue weighted by molar-refractivity contribution is -0.121. The monoisotopic (exact) mass is 351 g/mol. The minimum absolute atomic E-state index is 0.0375. The number of nitrogens with one attached hydrogen (secondary N) is 2. The van der Waals surface area contributed by atoms with Crippen molar-refractivity contribution in [2.75, 3.05) is 0 Å². The van der Waals surface area contributed by atoms with Gasteiger partial charge < -0.3 is 0 Å². The van der Waals surface area contributed by atoms with E-state index in [0.29, 0.717) is 16.8 Å². The van der Waals surface area contributed by atoms with Crippen molar-refractivity contribution in [3.05, 3.63) is 76.7 Å².